The van der Waals surface area contributed by atoms with Gasteiger partial charge in [0.05, 0.1) is 13.2 Å². The lowest BCUT2D eigenvalue weighted by Gasteiger charge is -2.42. The second-order valence-corrected chi connectivity index (χ2v) is 6.71. The number of amides is 2. The Morgan fingerprint density at radius 1 is 1.04 bits per heavy atom. The minimum absolute atomic E-state index is 0.0973. The number of piperazine rings is 2. The highest BCUT2D eigenvalue weighted by Gasteiger charge is 2.28. The molecule has 0 radical (unpaired) electrons. The lowest BCUT2D eigenvalue weighted by Crippen LogP contribution is -2.57. The fourth-order valence-corrected chi connectivity index (χ4v) is 3.55. The van der Waals surface area contributed by atoms with Gasteiger partial charge in [0.1, 0.15) is 0 Å². The number of hydrogen-bond acceptors (Lipinski definition) is 5. The molecule has 2 aliphatic heterocycles. The Hall–Kier alpha value is -1.18. The van der Waals surface area contributed by atoms with Crippen molar-refractivity contribution in [3.63, 3.8) is 0 Å². The van der Waals surface area contributed by atoms with Crippen LogP contribution in [0.25, 0.3) is 0 Å². The molecule has 0 aliphatic carbocycles. The molecule has 0 unspecified atom stereocenters. The van der Waals surface area contributed by atoms with Crippen molar-refractivity contribution in [1.82, 2.24) is 19.6 Å². The number of carbonyl (C=O) groups excluding carboxylic acids is 2. The number of ether oxygens (including phenoxy) is 1. The van der Waals surface area contributed by atoms with Gasteiger partial charge in [0.15, 0.2) is 0 Å². The molecule has 138 valence electrons. The first-order valence-corrected chi connectivity index (χ1v) is 9.03. The van der Waals surface area contributed by atoms with Crippen molar-refractivity contribution in [2.75, 3.05) is 72.6 Å². The second-order valence-electron chi connectivity index (χ2n) is 6.71. The van der Waals surface area contributed by atoms with Gasteiger partial charge in [-0.15, -0.1) is 0 Å². The third kappa shape index (κ3) is 5.16. The summed E-state index contributed by atoms with van der Waals surface area (Å²) >= 11 is 0. The van der Waals surface area contributed by atoms with E-state index >= 15 is 0 Å². The average molecular weight is 340 g/mol. The molecule has 0 bridgehead atoms. The fraction of sp³-hybridized carbons (Fsp3) is 0.882. The van der Waals surface area contributed by atoms with Crippen LogP contribution in [0.1, 0.15) is 20.3 Å². The zero-order valence-electron chi connectivity index (χ0n) is 15.4. The topological polar surface area (TPSA) is 56.3 Å². The molecular formula is C17H32N4O3. The second kappa shape index (κ2) is 9.34. The highest BCUT2D eigenvalue weighted by atomic mass is 16.5. The molecular weight excluding hydrogens is 308 g/mol. The van der Waals surface area contributed by atoms with Crippen molar-refractivity contribution >= 4 is 11.8 Å². The van der Waals surface area contributed by atoms with Crippen LogP contribution in [0, 0.1) is 0 Å². The Morgan fingerprint density at radius 2 is 1.71 bits per heavy atom. The number of nitrogens with zero attached hydrogens (tertiary/aromatic N) is 4. The SMILES string of the molecule is CC[C@H]1CN(CC(=O)N2CCN(C(C)=O)CC2)CCN1CCOC. The van der Waals surface area contributed by atoms with E-state index in [2.05, 4.69) is 16.7 Å². The van der Waals surface area contributed by atoms with Gasteiger partial charge in [0, 0.05) is 72.4 Å². The van der Waals surface area contributed by atoms with E-state index in [1.54, 1.807) is 14.0 Å². The molecule has 2 fully saturated rings. The van der Waals surface area contributed by atoms with Crippen LogP contribution in [-0.4, -0.2) is 110 Å². The van der Waals surface area contributed by atoms with Crippen molar-refractivity contribution < 1.29 is 14.3 Å². The zero-order chi connectivity index (χ0) is 17.5. The highest BCUT2D eigenvalue weighted by Crippen LogP contribution is 2.13. The summed E-state index contributed by atoms with van der Waals surface area (Å²) in [4.78, 5) is 32.4. The van der Waals surface area contributed by atoms with Crippen LogP contribution in [0.3, 0.4) is 0 Å². The Kier molecular flexibility index (Phi) is 7.45. The Labute approximate surface area is 145 Å². The first kappa shape index (κ1) is 19.1. The molecule has 7 heteroatoms. The largest absolute Gasteiger partial charge is 0.383 e. The minimum Gasteiger partial charge on any atom is -0.383 e. The quantitative estimate of drug-likeness (QED) is 0.666. The minimum atomic E-state index is 0.0973. The van der Waals surface area contributed by atoms with Gasteiger partial charge < -0.3 is 14.5 Å². The number of rotatable bonds is 6. The smallest absolute Gasteiger partial charge is 0.236 e. The summed E-state index contributed by atoms with van der Waals surface area (Å²) in [6.45, 7) is 11.5. The lowest BCUT2D eigenvalue weighted by atomic mass is 10.1. The van der Waals surface area contributed by atoms with E-state index in [1.807, 2.05) is 9.80 Å². The first-order chi connectivity index (χ1) is 11.5. The van der Waals surface area contributed by atoms with Gasteiger partial charge in [-0.25, -0.2) is 0 Å². The number of methoxy groups -OCH3 is 1. The molecule has 0 saturated carbocycles. The van der Waals surface area contributed by atoms with Crippen molar-refractivity contribution in [3.05, 3.63) is 0 Å². The monoisotopic (exact) mass is 340 g/mol. The van der Waals surface area contributed by atoms with Crippen LogP contribution < -0.4 is 0 Å². The molecule has 2 heterocycles. The number of carbonyl (C=O) groups is 2. The van der Waals surface area contributed by atoms with Crippen molar-refractivity contribution in [2.45, 2.75) is 26.3 Å². The summed E-state index contributed by atoms with van der Waals surface area (Å²) in [5.74, 6) is 0.290. The molecule has 0 N–H and O–H groups in total. The molecule has 0 spiro atoms. The van der Waals surface area contributed by atoms with Gasteiger partial charge in [-0.1, -0.05) is 6.92 Å². The van der Waals surface area contributed by atoms with E-state index in [4.69, 9.17) is 4.74 Å². The van der Waals surface area contributed by atoms with Gasteiger partial charge >= 0.3 is 0 Å². The fourth-order valence-electron chi connectivity index (χ4n) is 3.55. The third-order valence-corrected chi connectivity index (χ3v) is 5.18. The molecule has 2 saturated heterocycles. The van der Waals surface area contributed by atoms with Crippen LogP contribution in [0.4, 0.5) is 0 Å². The normalized spacial score (nSPS) is 23.5. The Balaban J connectivity index is 1.77. The lowest BCUT2D eigenvalue weighted by molar-refractivity contribution is -0.139. The van der Waals surface area contributed by atoms with Gasteiger partial charge in [-0.3, -0.25) is 19.4 Å². The molecule has 0 aromatic heterocycles. The summed E-state index contributed by atoms with van der Waals surface area (Å²) in [6.07, 6.45) is 1.09. The van der Waals surface area contributed by atoms with Crippen molar-refractivity contribution in [2.24, 2.45) is 0 Å². The van der Waals surface area contributed by atoms with E-state index in [0.29, 0.717) is 38.8 Å². The van der Waals surface area contributed by atoms with E-state index in [0.717, 1.165) is 39.2 Å². The van der Waals surface area contributed by atoms with Gasteiger partial charge in [-0.05, 0) is 6.42 Å². The van der Waals surface area contributed by atoms with Crippen molar-refractivity contribution in [3.8, 4) is 0 Å². The Morgan fingerprint density at radius 3 is 2.29 bits per heavy atom. The summed E-state index contributed by atoms with van der Waals surface area (Å²) in [5.41, 5.74) is 0. The maximum atomic E-state index is 12.5. The summed E-state index contributed by atoms with van der Waals surface area (Å²) in [7, 11) is 1.74. The maximum absolute atomic E-state index is 12.5. The highest BCUT2D eigenvalue weighted by molar-refractivity contribution is 5.79. The van der Waals surface area contributed by atoms with Gasteiger partial charge in [0.25, 0.3) is 0 Å². The Bertz CT molecular complexity index is 424. The van der Waals surface area contributed by atoms with Crippen molar-refractivity contribution in [1.29, 1.82) is 0 Å². The van der Waals surface area contributed by atoms with E-state index in [9.17, 15) is 9.59 Å². The number of hydrogen-bond donors (Lipinski definition) is 0. The van der Waals surface area contributed by atoms with Crippen LogP contribution in [0.2, 0.25) is 0 Å². The molecule has 24 heavy (non-hydrogen) atoms. The van der Waals surface area contributed by atoms with Crippen LogP contribution in [0.15, 0.2) is 0 Å². The third-order valence-electron chi connectivity index (χ3n) is 5.18. The van der Waals surface area contributed by atoms with Crippen LogP contribution >= 0.6 is 0 Å². The zero-order valence-corrected chi connectivity index (χ0v) is 15.4. The van der Waals surface area contributed by atoms with Gasteiger partial charge in [0.2, 0.25) is 11.8 Å². The molecule has 2 aliphatic rings. The molecule has 0 aromatic rings. The molecule has 1 atom stereocenters. The molecule has 0 aromatic carbocycles. The van der Waals surface area contributed by atoms with Gasteiger partial charge in [-0.2, -0.15) is 0 Å². The van der Waals surface area contributed by atoms with Crippen LogP contribution in [-0.2, 0) is 14.3 Å². The molecule has 2 rings (SSSR count). The summed E-state index contributed by atoms with van der Waals surface area (Å²) in [5, 5.41) is 0. The van der Waals surface area contributed by atoms with E-state index in [-0.39, 0.29) is 11.8 Å². The molecule has 2 amide bonds. The van der Waals surface area contributed by atoms with Crippen LogP contribution in [0.5, 0.6) is 0 Å². The predicted molar refractivity (Wildman–Crippen MR) is 92.8 cm³/mol. The maximum Gasteiger partial charge on any atom is 0.236 e. The van der Waals surface area contributed by atoms with E-state index in [1.165, 1.54) is 0 Å². The van der Waals surface area contributed by atoms with E-state index < -0.39 is 0 Å². The summed E-state index contributed by atoms with van der Waals surface area (Å²) < 4.78 is 5.19. The summed E-state index contributed by atoms with van der Waals surface area (Å²) in [6, 6.07) is 0.497. The average Bonchev–Trinajstić information content (AvgIpc) is 2.60. The predicted octanol–water partition coefficient (Wildman–Crippen LogP) is -0.280. The standard InChI is InChI=1S/C17H32N4O3/c1-4-16-13-18(5-6-20(16)11-12-24-3)14-17(23)21-9-7-19(8-10-21)15(2)22/h16H,4-14H2,1-3H3/t16-/m0/s1. The first-order valence-electron chi connectivity index (χ1n) is 9.03. The molecule has 7 nitrogen and oxygen atoms in total.